The maximum Gasteiger partial charge on any atom is 0.161 e. The predicted octanol–water partition coefficient (Wildman–Crippen LogP) is 2.82. The lowest BCUT2D eigenvalue weighted by atomic mass is 9.94. The summed E-state index contributed by atoms with van der Waals surface area (Å²) in [4.78, 5) is 13.6. The van der Waals surface area contributed by atoms with Crippen LogP contribution < -0.4 is 9.47 Å². The van der Waals surface area contributed by atoms with Gasteiger partial charge in [0.15, 0.2) is 17.3 Å². The van der Waals surface area contributed by atoms with Gasteiger partial charge in [-0.25, -0.2) is 0 Å². The Bertz CT molecular complexity index is 673. The molecule has 2 heterocycles. The molecule has 0 saturated heterocycles. The van der Waals surface area contributed by atoms with E-state index in [-0.39, 0.29) is 5.78 Å². The molecule has 0 aromatic heterocycles. The Morgan fingerprint density at radius 2 is 1.82 bits per heavy atom. The largest absolute Gasteiger partial charge is 0.493 e. The van der Waals surface area contributed by atoms with E-state index in [4.69, 9.17) is 9.47 Å². The number of hydrogen-bond donors (Lipinski definition) is 0. The lowest BCUT2D eigenvalue weighted by molar-refractivity contribution is -0.112. The van der Waals surface area contributed by atoms with Crippen LogP contribution in [0.25, 0.3) is 5.70 Å². The van der Waals surface area contributed by atoms with Crippen LogP contribution in [0.4, 0.5) is 0 Å². The number of carbonyl (C=O) groups excluding carboxylic acids is 1. The molecule has 0 fully saturated rings. The molecule has 0 saturated carbocycles. The highest BCUT2D eigenvalue weighted by molar-refractivity contribution is 5.88. The quantitative estimate of drug-likeness (QED) is 0.801. The van der Waals surface area contributed by atoms with E-state index in [1.54, 1.807) is 27.2 Å². The van der Waals surface area contributed by atoms with E-state index >= 15 is 0 Å². The SMILES string of the molecule is COc1cc2c(cc1OC)C1=C(/C=C/C(C)=O)CCN1CC2. The second kappa shape index (κ2) is 5.87. The number of allylic oxidation sites excluding steroid dienone is 2. The van der Waals surface area contributed by atoms with Crippen molar-refractivity contribution in [3.8, 4) is 11.5 Å². The first-order valence-corrected chi connectivity index (χ1v) is 7.56. The topological polar surface area (TPSA) is 38.8 Å². The second-order valence-electron chi connectivity index (χ2n) is 5.67. The summed E-state index contributed by atoms with van der Waals surface area (Å²) < 4.78 is 10.9. The molecule has 0 bridgehead atoms. The number of ketones is 1. The molecule has 116 valence electrons. The van der Waals surface area contributed by atoms with Crippen molar-refractivity contribution in [1.29, 1.82) is 0 Å². The van der Waals surface area contributed by atoms with Crippen molar-refractivity contribution in [1.82, 2.24) is 4.90 Å². The van der Waals surface area contributed by atoms with Crippen LogP contribution in [0.15, 0.2) is 29.9 Å². The third kappa shape index (κ3) is 2.49. The van der Waals surface area contributed by atoms with E-state index in [1.807, 2.05) is 6.08 Å². The van der Waals surface area contributed by atoms with Crippen molar-refractivity contribution in [2.45, 2.75) is 19.8 Å². The van der Waals surface area contributed by atoms with E-state index in [9.17, 15) is 4.79 Å². The van der Waals surface area contributed by atoms with Gasteiger partial charge in [0.1, 0.15) is 0 Å². The number of carbonyl (C=O) groups is 1. The molecular weight excluding hydrogens is 278 g/mol. The lowest BCUT2D eigenvalue weighted by Crippen LogP contribution is -2.27. The van der Waals surface area contributed by atoms with Gasteiger partial charge in [-0.05, 0) is 49.1 Å². The van der Waals surface area contributed by atoms with Crippen LogP contribution in [0.5, 0.6) is 11.5 Å². The first-order chi connectivity index (χ1) is 10.6. The normalized spacial score (nSPS) is 16.8. The van der Waals surface area contributed by atoms with Crippen LogP contribution in [-0.4, -0.2) is 38.0 Å². The van der Waals surface area contributed by atoms with Crippen LogP contribution in [0.3, 0.4) is 0 Å². The standard InChI is InChI=1S/C18H21NO3/c1-12(20)4-5-13-6-8-19-9-7-14-10-16(21-2)17(22-3)11-15(14)18(13)19/h4-5,10-11H,6-9H2,1-3H3/b5-4+. The number of methoxy groups -OCH3 is 2. The van der Waals surface area contributed by atoms with Gasteiger partial charge in [0.05, 0.1) is 14.2 Å². The summed E-state index contributed by atoms with van der Waals surface area (Å²) in [5.74, 6) is 1.60. The number of hydrogen-bond acceptors (Lipinski definition) is 4. The molecule has 1 aromatic rings. The molecule has 0 amide bonds. The van der Waals surface area contributed by atoms with Crippen LogP contribution in [-0.2, 0) is 11.2 Å². The molecule has 0 atom stereocenters. The number of ether oxygens (including phenoxy) is 2. The van der Waals surface area contributed by atoms with Gasteiger partial charge < -0.3 is 14.4 Å². The van der Waals surface area contributed by atoms with Gasteiger partial charge in [0, 0.05) is 24.4 Å². The fourth-order valence-corrected chi connectivity index (χ4v) is 3.24. The second-order valence-corrected chi connectivity index (χ2v) is 5.67. The third-order valence-corrected chi connectivity index (χ3v) is 4.31. The molecule has 4 nitrogen and oxygen atoms in total. The highest BCUT2D eigenvalue weighted by Crippen LogP contribution is 2.42. The van der Waals surface area contributed by atoms with Gasteiger partial charge >= 0.3 is 0 Å². The predicted molar refractivity (Wildman–Crippen MR) is 86.2 cm³/mol. The highest BCUT2D eigenvalue weighted by Gasteiger charge is 2.29. The van der Waals surface area contributed by atoms with Crippen molar-refractivity contribution >= 4 is 11.5 Å². The van der Waals surface area contributed by atoms with Gasteiger partial charge in [-0.3, -0.25) is 4.79 Å². The zero-order chi connectivity index (χ0) is 15.7. The van der Waals surface area contributed by atoms with Crippen LogP contribution in [0.2, 0.25) is 0 Å². The molecule has 4 heteroatoms. The summed E-state index contributed by atoms with van der Waals surface area (Å²) in [5, 5.41) is 0. The van der Waals surface area contributed by atoms with E-state index in [0.29, 0.717) is 0 Å². The van der Waals surface area contributed by atoms with Gasteiger partial charge in [-0.15, -0.1) is 0 Å². The summed E-state index contributed by atoms with van der Waals surface area (Å²) in [6.07, 6.45) is 5.60. The Hall–Kier alpha value is -2.23. The van der Waals surface area contributed by atoms with Crippen LogP contribution in [0, 0.1) is 0 Å². The Morgan fingerprint density at radius 1 is 1.14 bits per heavy atom. The summed E-state index contributed by atoms with van der Waals surface area (Å²) in [5.41, 5.74) is 4.94. The van der Waals surface area contributed by atoms with E-state index in [1.165, 1.54) is 22.4 Å². The highest BCUT2D eigenvalue weighted by atomic mass is 16.5. The fourth-order valence-electron chi connectivity index (χ4n) is 3.24. The number of benzene rings is 1. The number of rotatable bonds is 4. The number of nitrogens with zero attached hydrogens (tertiary/aromatic N) is 1. The third-order valence-electron chi connectivity index (χ3n) is 4.31. The Balaban J connectivity index is 2.12. The monoisotopic (exact) mass is 299 g/mol. The van der Waals surface area contributed by atoms with E-state index < -0.39 is 0 Å². The first-order valence-electron chi connectivity index (χ1n) is 7.56. The Morgan fingerprint density at radius 3 is 2.50 bits per heavy atom. The average molecular weight is 299 g/mol. The summed E-state index contributed by atoms with van der Waals surface area (Å²) >= 11 is 0. The molecule has 22 heavy (non-hydrogen) atoms. The molecule has 2 aliphatic rings. The smallest absolute Gasteiger partial charge is 0.161 e. The minimum Gasteiger partial charge on any atom is -0.493 e. The van der Waals surface area contributed by atoms with Crippen molar-refractivity contribution < 1.29 is 14.3 Å². The molecule has 0 spiro atoms. The maximum absolute atomic E-state index is 11.2. The van der Waals surface area contributed by atoms with Crippen LogP contribution in [0.1, 0.15) is 24.5 Å². The molecule has 0 aliphatic carbocycles. The molecule has 0 radical (unpaired) electrons. The average Bonchev–Trinajstić information content (AvgIpc) is 2.94. The molecule has 0 N–H and O–H groups in total. The molecule has 2 aliphatic heterocycles. The minimum absolute atomic E-state index is 0.0786. The molecular formula is C18H21NO3. The summed E-state index contributed by atoms with van der Waals surface area (Å²) in [6, 6.07) is 4.13. The molecule has 0 unspecified atom stereocenters. The Labute approximate surface area is 131 Å². The number of fused-ring (bicyclic) bond motifs is 3. The summed E-state index contributed by atoms with van der Waals surface area (Å²) in [6.45, 7) is 3.60. The first kappa shape index (κ1) is 14.7. The van der Waals surface area contributed by atoms with Gasteiger partial charge in [0.2, 0.25) is 0 Å². The lowest BCUT2D eigenvalue weighted by Gasteiger charge is -2.30. The summed E-state index contributed by atoms with van der Waals surface area (Å²) in [7, 11) is 3.32. The van der Waals surface area contributed by atoms with Crippen molar-refractivity contribution in [2.24, 2.45) is 0 Å². The van der Waals surface area contributed by atoms with Gasteiger partial charge in [-0.1, -0.05) is 6.08 Å². The fraction of sp³-hybridized carbons (Fsp3) is 0.389. The molecule has 3 rings (SSSR count). The van der Waals surface area contributed by atoms with Gasteiger partial charge in [0.25, 0.3) is 0 Å². The zero-order valence-electron chi connectivity index (χ0n) is 13.3. The molecule has 1 aromatic carbocycles. The van der Waals surface area contributed by atoms with Crippen molar-refractivity contribution in [3.63, 3.8) is 0 Å². The van der Waals surface area contributed by atoms with Crippen molar-refractivity contribution in [2.75, 3.05) is 27.3 Å². The Kier molecular flexibility index (Phi) is 3.92. The van der Waals surface area contributed by atoms with Crippen molar-refractivity contribution in [3.05, 3.63) is 41.0 Å². The minimum atomic E-state index is 0.0786. The van der Waals surface area contributed by atoms with E-state index in [2.05, 4.69) is 17.0 Å². The van der Waals surface area contributed by atoms with Gasteiger partial charge in [-0.2, -0.15) is 0 Å². The van der Waals surface area contributed by atoms with E-state index in [0.717, 1.165) is 37.4 Å². The maximum atomic E-state index is 11.2. The van der Waals surface area contributed by atoms with Crippen LogP contribution >= 0.6 is 0 Å². The zero-order valence-corrected chi connectivity index (χ0v) is 13.3.